The Morgan fingerprint density at radius 1 is 0.903 bits per heavy atom. The van der Waals surface area contributed by atoms with Crippen LogP contribution in [-0.4, -0.2) is 21.3 Å². The molecule has 0 amide bonds. The van der Waals surface area contributed by atoms with Gasteiger partial charge in [0.25, 0.3) is 5.22 Å². The van der Waals surface area contributed by atoms with Crippen LogP contribution in [0.15, 0.2) is 89.6 Å². The summed E-state index contributed by atoms with van der Waals surface area (Å²) in [5, 5.41) is 19.4. The molecule has 10 heteroatoms. The number of carboxylic acid groups (broad SMARTS) is 1. The zero-order chi connectivity index (χ0) is 21.8. The molecule has 2 heterocycles. The van der Waals surface area contributed by atoms with Crippen molar-refractivity contribution in [2.75, 3.05) is 0 Å². The number of aromatic nitrogens is 2. The lowest BCUT2D eigenvalue weighted by molar-refractivity contribution is -0.131. The molecule has 0 bridgehead atoms. The Labute approximate surface area is 195 Å². The van der Waals surface area contributed by atoms with Crippen molar-refractivity contribution in [3.05, 3.63) is 81.4 Å². The third-order valence-corrected chi connectivity index (χ3v) is 6.10. The summed E-state index contributed by atoms with van der Waals surface area (Å²) >= 11 is 14.0. The summed E-state index contributed by atoms with van der Waals surface area (Å²) in [6.07, 6.45) is 1.41. The summed E-state index contributed by atoms with van der Waals surface area (Å²) < 4.78 is 11.3. The fraction of sp³-hybridized carbons (Fsp3) is 0. The van der Waals surface area contributed by atoms with Gasteiger partial charge in [-0.25, -0.2) is 4.79 Å². The van der Waals surface area contributed by atoms with E-state index in [0.717, 1.165) is 16.7 Å². The van der Waals surface area contributed by atoms with Crippen molar-refractivity contribution in [1.29, 1.82) is 0 Å². The first-order valence-electron chi connectivity index (χ1n) is 8.72. The summed E-state index contributed by atoms with van der Waals surface area (Å²) in [5.41, 5.74) is 0.680. The fourth-order valence-electron chi connectivity index (χ4n) is 2.40. The Morgan fingerprint density at radius 3 is 2.26 bits per heavy atom. The van der Waals surface area contributed by atoms with E-state index in [9.17, 15) is 9.90 Å². The standard InChI is InChI=1S/C21H12Cl2N2O4S2/c22-13-3-1-12(2-4-13)19-24-25-21(29-19)31-17(20(26)27)11-15-7-10-18(28-15)30-16-8-5-14(23)6-9-16/h1-11H,(H,26,27)/b17-11-. The second-order valence-corrected chi connectivity index (χ2v) is 8.95. The van der Waals surface area contributed by atoms with Gasteiger partial charge >= 0.3 is 5.97 Å². The molecule has 0 aliphatic heterocycles. The van der Waals surface area contributed by atoms with Gasteiger partial charge < -0.3 is 13.9 Å². The SMILES string of the molecule is O=C(O)/C(=C/c1ccc(Sc2ccc(Cl)cc2)o1)Sc1nnc(-c2ccc(Cl)cc2)o1. The lowest BCUT2D eigenvalue weighted by atomic mass is 10.2. The number of carbonyl (C=O) groups is 1. The monoisotopic (exact) mass is 490 g/mol. The number of halogens is 2. The molecule has 0 saturated heterocycles. The molecule has 4 aromatic rings. The van der Waals surface area contributed by atoms with Gasteiger partial charge in [-0.15, -0.1) is 10.2 Å². The van der Waals surface area contributed by atoms with E-state index < -0.39 is 5.97 Å². The Morgan fingerprint density at radius 2 is 1.58 bits per heavy atom. The molecule has 0 unspecified atom stereocenters. The maximum absolute atomic E-state index is 11.7. The van der Waals surface area contributed by atoms with E-state index in [2.05, 4.69) is 10.2 Å². The van der Waals surface area contributed by atoms with E-state index in [1.165, 1.54) is 17.8 Å². The minimum atomic E-state index is -1.14. The van der Waals surface area contributed by atoms with Crippen LogP contribution in [0.25, 0.3) is 17.5 Å². The van der Waals surface area contributed by atoms with Crippen LogP contribution in [0.2, 0.25) is 10.0 Å². The first kappa shape index (κ1) is 21.6. The van der Waals surface area contributed by atoms with Crippen LogP contribution in [0.5, 0.6) is 0 Å². The van der Waals surface area contributed by atoms with Gasteiger partial charge in [0.2, 0.25) is 5.89 Å². The quantitative estimate of drug-likeness (QED) is 0.218. The maximum atomic E-state index is 11.7. The zero-order valence-corrected chi connectivity index (χ0v) is 18.6. The molecule has 0 saturated carbocycles. The van der Waals surface area contributed by atoms with Crippen LogP contribution in [0.4, 0.5) is 0 Å². The largest absolute Gasteiger partial charge is 0.477 e. The molecule has 6 nitrogen and oxygen atoms in total. The normalized spacial score (nSPS) is 11.6. The van der Waals surface area contributed by atoms with Crippen LogP contribution in [0, 0.1) is 0 Å². The highest BCUT2D eigenvalue weighted by Gasteiger charge is 2.17. The molecule has 0 spiro atoms. The second-order valence-electron chi connectivity index (χ2n) is 6.01. The molecule has 0 aliphatic carbocycles. The van der Waals surface area contributed by atoms with Gasteiger partial charge in [0.1, 0.15) is 10.7 Å². The number of thioether (sulfide) groups is 1. The highest BCUT2D eigenvalue weighted by atomic mass is 35.5. The maximum Gasteiger partial charge on any atom is 0.342 e. The molecule has 2 aromatic carbocycles. The zero-order valence-electron chi connectivity index (χ0n) is 15.5. The van der Waals surface area contributed by atoms with Crippen LogP contribution < -0.4 is 0 Å². The number of hydrogen-bond acceptors (Lipinski definition) is 7. The van der Waals surface area contributed by atoms with Gasteiger partial charge in [-0.3, -0.25) is 0 Å². The molecule has 1 N–H and O–H groups in total. The van der Waals surface area contributed by atoms with E-state index >= 15 is 0 Å². The fourth-order valence-corrected chi connectivity index (χ4v) is 4.09. The first-order chi connectivity index (χ1) is 15.0. The van der Waals surface area contributed by atoms with Gasteiger partial charge in [0.05, 0.1) is 0 Å². The average molecular weight is 491 g/mol. The topological polar surface area (TPSA) is 89.4 Å². The lowest BCUT2D eigenvalue weighted by Crippen LogP contribution is -1.96. The number of hydrogen-bond donors (Lipinski definition) is 1. The number of aliphatic carboxylic acids is 1. The Balaban J connectivity index is 1.49. The minimum Gasteiger partial charge on any atom is -0.477 e. The van der Waals surface area contributed by atoms with E-state index in [1.54, 1.807) is 48.5 Å². The van der Waals surface area contributed by atoms with E-state index in [4.69, 9.17) is 32.0 Å². The van der Waals surface area contributed by atoms with Gasteiger partial charge in [0.15, 0.2) is 5.09 Å². The van der Waals surface area contributed by atoms with Crippen LogP contribution in [0.1, 0.15) is 5.76 Å². The Bertz CT molecular complexity index is 1240. The number of benzene rings is 2. The Hall–Kier alpha value is -2.65. The molecule has 4 rings (SSSR count). The smallest absolute Gasteiger partial charge is 0.342 e. The summed E-state index contributed by atoms with van der Waals surface area (Å²) in [4.78, 5) is 12.6. The van der Waals surface area contributed by atoms with Crippen LogP contribution in [0.3, 0.4) is 0 Å². The van der Waals surface area contributed by atoms with Crippen molar-refractivity contribution in [2.24, 2.45) is 0 Å². The van der Waals surface area contributed by atoms with E-state index in [0.29, 0.717) is 26.5 Å². The minimum absolute atomic E-state index is 0.0244. The molecule has 0 radical (unpaired) electrons. The van der Waals surface area contributed by atoms with Crippen molar-refractivity contribution >= 4 is 58.8 Å². The number of rotatable bonds is 7. The van der Waals surface area contributed by atoms with E-state index in [-0.39, 0.29) is 16.0 Å². The average Bonchev–Trinajstić information content (AvgIpc) is 3.39. The summed E-state index contributed by atoms with van der Waals surface area (Å²) in [6, 6.07) is 17.6. The van der Waals surface area contributed by atoms with Gasteiger partial charge in [-0.2, -0.15) is 0 Å². The molecule has 0 aliphatic rings. The third-order valence-electron chi connectivity index (χ3n) is 3.81. The van der Waals surface area contributed by atoms with Crippen LogP contribution >= 0.6 is 46.7 Å². The highest BCUT2D eigenvalue weighted by Crippen LogP contribution is 2.33. The molecule has 0 atom stereocenters. The number of furan rings is 1. The number of carboxylic acids is 1. The van der Waals surface area contributed by atoms with Crippen molar-refractivity contribution in [3.63, 3.8) is 0 Å². The van der Waals surface area contributed by atoms with Crippen molar-refractivity contribution in [1.82, 2.24) is 10.2 Å². The predicted octanol–water partition coefficient (Wildman–Crippen LogP) is 7.01. The van der Waals surface area contributed by atoms with Gasteiger partial charge in [-0.1, -0.05) is 35.0 Å². The van der Waals surface area contributed by atoms with Crippen molar-refractivity contribution in [3.8, 4) is 11.5 Å². The molecule has 0 fully saturated rings. The lowest BCUT2D eigenvalue weighted by Gasteiger charge is -1.99. The predicted molar refractivity (Wildman–Crippen MR) is 120 cm³/mol. The van der Waals surface area contributed by atoms with Crippen LogP contribution in [-0.2, 0) is 4.79 Å². The summed E-state index contributed by atoms with van der Waals surface area (Å²) in [7, 11) is 0. The summed E-state index contributed by atoms with van der Waals surface area (Å²) in [5.74, 6) is -0.484. The Kier molecular flexibility index (Phi) is 6.72. The molecule has 2 aromatic heterocycles. The molecule has 31 heavy (non-hydrogen) atoms. The van der Waals surface area contributed by atoms with Crippen molar-refractivity contribution < 1.29 is 18.7 Å². The molecular formula is C21H12Cl2N2O4S2. The third kappa shape index (κ3) is 5.74. The van der Waals surface area contributed by atoms with E-state index in [1.807, 2.05) is 12.1 Å². The van der Waals surface area contributed by atoms with Gasteiger partial charge in [-0.05, 0) is 72.4 Å². The summed E-state index contributed by atoms with van der Waals surface area (Å²) in [6.45, 7) is 0. The highest BCUT2D eigenvalue weighted by molar-refractivity contribution is 8.03. The molecular weight excluding hydrogens is 479 g/mol. The first-order valence-corrected chi connectivity index (χ1v) is 11.1. The van der Waals surface area contributed by atoms with Crippen molar-refractivity contribution in [2.45, 2.75) is 15.2 Å². The van der Waals surface area contributed by atoms with Gasteiger partial charge in [0, 0.05) is 26.6 Å². The molecule has 156 valence electrons. The second kappa shape index (κ2) is 9.65. The number of nitrogens with zero attached hydrogens (tertiary/aromatic N) is 2.